The first-order valence-corrected chi connectivity index (χ1v) is 12.7. The molecular formula is C26H35NO6S. The molecule has 0 aliphatic rings. The highest BCUT2D eigenvalue weighted by Gasteiger charge is 2.25. The minimum atomic E-state index is -3.81. The van der Waals surface area contributed by atoms with Gasteiger partial charge in [0.15, 0.2) is 0 Å². The van der Waals surface area contributed by atoms with Crippen LogP contribution in [0.25, 0.3) is 0 Å². The van der Waals surface area contributed by atoms with E-state index >= 15 is 0 Å². The monoisotopic (exact) mass is 489 g/mol. The van der Waals surface area contributed by atoms with Gasteiger partial charge in [-0.25, -0.2) is 13.2 Å². The van der Waals surface area contributed by atoms with Crippen LogP contribution in [-0.4, -0.2) is 44.2 Å². The lowest BCUT2D eigenvalue weighted by molar-refractivity contribution is 0.0817. The Kier molecular flexibility index (Phi) is 9.70. The SMILES string of the molecule is COC(=O)OC/C=C/CN(Cc1cc(C(C)C)c(O)c(C(C)C)c1)S(=O)(=O)c1ccc(C)cc1. The zero-order valence-corrected chi connectivity index (χ0v) is 21.6. The maximum atomic E-state index is 13.5. The molecule has 0 aromatic heterocycles. The normalized spacial score (nSPS) is 12.1. The Morgan fingerprint density at radius 3 is 2.09 bits per heavy atom. The number of hydrogen-bond acceptors (Lipinski definition) is 6. The number of phenolic OH excluding ortho intramolecular Hbond substituents is 1. The van der Waals surface area contributed by atoms with Gasteiger partial charge in [0.05, 0.1) is 12.0 Å². The lowest BCUT2D eigenvalue weighted by atomic mass is 9.91. The Balaban J connectivity index is 2.42. The largest absolute Gasteiger partial charge is 0.508 e. The summed E-state index contributed by atoms with van der Waals surface area (Å²) in [7, 11) is -2.59. The van der Waals surface area contributed by atoms with E-state index in [4.69, 9.17) is 4.74 Å². The van der Waals surface area contributed by atoms with Crippen LogP contribution in [0.4, 0.5) is 4.79 Å². The zero-order valence-electron chi connectivity index (χ0n) is 20.7. The van der Waals surface area contributed by atoms with Crippen LogP contribution in [-0.2, 0) is 26.0 Å². The Morgan fingerprint density at radius 1 is 1.03 bits per heavy atom. The molecule has 2 aromatic carbocycles. The maximum absolute atomic E-state index is 13.5. The van der Waals surface area contributed by atoms with E-state index in [9.17, 15) is 18.3 Å². The lowest BCUT2D eigenvalue weighted by Crippen LogP contribution is -2.31. The highest BCUT2D eigenvalue weighted by molar-refractivity contribution is 7.89. The highest BCUT2D eigenvalue weighted by Crippen LogP contribution is 2.35. The van der Waals surface area contributed by atoms with Crippen LogP contribution in [0.5, 0.6) is 5.75 Å². The third-order valence-electron chi connectivity index (χ3n) is 5.43. The third kappa shape index (κ3) is 7.08. The molecule has 0 spiro atoms. The van der Waals surface area contributed by atoms with E-state index in [0.717, 1.165) is 22.3 Å². The third-order valence-corrected chi connectivity index (χ3v) is 7.26. The molecule has 0 bridgehead atoms. The second-order valence-corrected chi connectivity index (χ2v) is 10.7. The number of carbonyl (C=O) groups is 1. The molecule has 0 unspecified atom stereocenters. The van der Waals surface area contributed by atoms with Gasteiger partial charge in [0.2, 0.25) is 10.0 Å². The predicted molar refractivity (Wildman–Crippen MR) is 133 cm³/mol. The van der Waals surface area contributed by atoms with Crippen LogP contribution in [0.3, 0.4) is 0 Å². The van der Waals surface area contributed by atoms with E-state index in [1.807, 2.05) is 46.8 Å². The molecule has 1 N–H and O–H groups in total. The summed E-state index contributed by atoms with van der Waals surface area (Å²) < 4.78 is 37.6. The topological polar surface area (TPSA) is 93.1 Å². The van der Waals surface area contributed by atoms with Crippen molar-refractivity contribution in [1.82, 2.24) is 4.31 Å². The molecular weight excluding hydrogens is 454 g/mol. The fourth-order valence-electron chi connectivity index (χ4n) is 3.46. The molecule has 0 amide bonds. The minimum absolute atomic E-state index is 0.0285. The van der Waals surface area contributed by atoms with E-state index in [1.54, 1.807) is 36.4 Å². The van der Waals surface area contributed by atoms with Gasteiger partial charge >= 0.3 is 6.16 Å². The number of rotatable bonds is 10. The second-order valence-electron chi connectivity index (χ2n) is 8.78. The number of ether oxygens (including phenoxy) is 2. The Labute approximate surface area is 203 Å². The molecule has 2 aromatic rings. The first-order valence-electron chi connectivity index (χ1n) is 11.3. The van der Waals surface area contributed by atoms with Crippen LogP contribution >= 0.6 is 0 Å². The van der Waals surface area contributed by atoms with Crippen molar-refractivity contribution in [1.29, 1.82) is 0 Å². The van der Waals surface area contributed by atoms with Crippen LogP contribution < -0.4 is 0 Å². The maximum Gasteiger partial charge on any atom is 0.508 e. The van der Waals surface area contributed by atoms with Crippen molar-refractivity contribution in [3.63, 3.8) is 0 Å². The molecule has 0 aliphatic carbocycles. The number of methoxy groups -OCH3 is 1. The van der Waals surface area contributed by atoms with Crippen molar-refractivity contribution < 1.29 is 27.8 Å². The van der Waals surface area contributed by atoms with Crippen molar-refractivity contribution in [2.45, 2.75) is 57.9 Å². The van der Waals surface area contributed by atoms with Crippen molar-refractivity contribution in [2.75, 3.05) is 20.3 Å². The molecule has 8 heteroatoms. The van der Waals surface area contributed by atoms with E-state index in [0.29, 0.717) is 0 Å². The van der Waals surface area contributed by atoms with Crippen molar-refractivity contribution in [3.8, 4) is 5.75 Å². The summed E-state index contributed by atoms with van der Waals surface area (Å²) in [5, 5.41) is 10.7. The minimum Gasteiger partial charge on any atom is -0.507 e. The van der Waals surface area contributed by atoms with Gasteiger partial charge in [-0.1, -0.05) is 63.6 Å². The standard InChI is InChI=1S/C26H35NO6S/c1-18(2)23-15-21(16-24(19(3)4)25(23)28)17-27(13-7-8-14-33-26(29)32-6)34(30,31)22-11-9-20(5)10-12-22/h7-12,15-16,18-19,28H,13-14,17H2,1-6H3/b8-7+. The van der Waals surface area contributed by atoms with E-state index in [1.165, 1.54) is 11.4 Å². The summed E-state index contributed by atoms with van der Waals surface area (Å²) in [5.41, 5.74) is 3.33. The van der Waals surface area contributed by atoms with E-state index < -0.39 is 16.2 Å². The van der Waals surface area contributed by atoms with Crippen LogP contribution in [0, 0.1) is 6.92 Å². The number of sulfonamides is 1. The van der Waals surface area contributed by atoms with Gasteiger partial charge in [-0.05, 0) is 53.7 Å². The number of benzene rings is 2. The Bertz CT molecular complexity index is 1080. The average molecular weight is 490 g/mol. The summed E-state index contributed by atoms with van der Waals surface area (Å²) in [6.07, 6.45) is 2.41. The second kappa shape index (κ2) is 12.0. The molecule has 0 saturated carbocycles. The van der Waals surface area contributed by atoms with Gasteiger partial charge in [-0.15, -0.1) is 0 Å². The first kappa shape index (κ1) is 27.4. The van der Waals surface area contributed by atoms with Gasteiger partial charge in [0, 0.05) is 13.1 Å². The summed E-state index contributed by atoms with van der Waals surface area (Å²) in [6.45, 7) is 10.0. The molecule has 0 heterocycles. The number of hydrogen-bond donors (Lipinski definition) is 1. The predicted octanol–water partition coefficient (Wildman–Crippen LogP) is 5.48. The van der Waals surface area contributed by atoms with Gasteiger partial charge in [-0.3, -0.25) is 0 Å². The lowest BCUT2D eigenvalue weighted by Gasteiger charge is -2.23. The van der Waals surface area contributed by atoms with E-state index in [-0.39, 0.29) is 42.2 Å². The Morgan fingerprint density at radius 2 is 1.59 bits per heavy atom. The molecule has 0 atom stereocenters. The van der Waals surface area contributed by atoms with Gasteiger partial charge < -0.3 is 14.6 Å². The quantitative estimate of drug-likeness (QED) is 0.351. The van der Waals surface area contributed by atoms with Crippen LogP contribution in [0.2, 0.25) is 0 Å². The molecule has 0 fully saturated rings. The van der Waals surface area contributed by atoms with E-state index in [2.05, 4.69) is 4.74 Å². The molecule has 34 heavy (non-hydrogen) atoms. The number of aromatic hydroxyl groups is 1. The van der Waals surface area contributed by atoms with Crippen molar-refractivity contribution in [3.05, 3.63) is 70.8 Å². The molecule has 2 rings (SSSR count). The fourth-order valence-corrected chi connectivity index (χ4v) is 4.84. The summed E-state index contributed by atoms with van der Waals surface area (Å²) in [6, 6.07) is 10.5. The number of phenols is 1. The number of nitrogens with zero attached hydrogens (tertiary/aromatic N) is 1. The first-order chi connectivity index (χ1) is 16.0. The Hall–Kier alpha value is -2.84. The highest BCUT2D eigenvalue weighted by atomic mass is 32.2. The van der Waals surface area contributed by atoms with Gasteiger partial charge in [-0.2, -0.15) is 4.31 Å². The van der Waals surface area contributed by atoms with Gasteiger partial charge in [0.25, 0.3) is 0 Å². The molecule has 7 nitrogen and oxygen atoms in total. The smallest absolute Gasteiger partial charge is 0.507 e. The van der Waals surface area contributed by atoms with Crippen LogP contribution in [0.1, 0.15) is 61.8 Å². The molecule has 0 radical (unpaired) electrons. The number of carbonyl (C=O) groups excluding carboxylic acids is 1. The number of aryl methyl sites for hydroxylation is 1. The molecule has 0 saturated heterocycles. The summed E-state index contributed by atoms with van der Waals surface area (Å²) in [4.78, 5) is 11.3. The zero-order chi connectivity index (χ0) is 25.5. The van der Waals surface area contributed by atoms with Crippen LogP contribution in [0.15, 0.2) is 53.4 Å². The summed E-state index contributed by atoms with van der Waals surface area (Å²) in [5.74, 6) is 0.423. The fraction of sp³-hybridized carbons (Fsp3) is 0.423. The van der Waals surface area contributed by atoms with Crippen molar-refractivity contribution in [2.24, 2.45) is 0 Å². The van der Waals surface area contributed by atoms with Gasteiger partial charge in [0.1, 0.15) is 12.4 Å². The average Bonchev–Trinajstić information content (AvgIpc) is 2.78. The molecule has 0 aliphatic heterocycles. The molecule has 186 valence electrons. The van der Waals surface area contributed by atoms with Crippen molar-refractivity contribution >= 4 is 16.2 Å². The summed E-state index contributed by atoms with van der Waals surface area (Å²) >= 11 is 0.